The van der Waals surface area contributed by atoms with Crippen molar-refractivity contribution >= 4 is 31.6 Å². The third-order valence-electron chi connectivity index (χ3n) is 5.96. The molecule has 0 aromatic heterocycles. The highest BCUT2D eigenvalue weighted by Crippen LogP contribution is 2.33. The average molecular weight is 496 g/mol. The highest BCUT2D eigenvalue weighted by molar-refractivity contribution is 7.89. The number of nitrogens with zero attached hydrogens (tertiary/aromatic N) is 2. The lowest BCUT2D eigenvalue weighted by molar-refractivity contribution is 0.0985. The summed E-state index contributed by atoms with van der Waals surface area (Å²) in [6, 6.07) is 7.71. The number of carbonyl (C=O) groups excluding carboxylic acids is 1. The minimum atomic E-state index is -3.86. The molecule has 1 saturated heterocycles. The van der Waals surface area contributed by atoms with Gasteiger partial charge in [-0.3, -0.25) is 4.79 Å². The molecular weight excluding hydrogens is 469 g/mol. The molecule has 2 aromatic carbocycles. The first-order valence-electron chi connectivity index (χ1n) is 10.9. The maximum atomic E-state index is 14.5. The smallest absolute Gasteiger partial charge is 0.261 e. The van der Waals surface area contributed by atoms with E-state index in [2.05, 4.69) is 4.72 Å². The molecule has 1 N–H and O–H groups in total. The van der Waals surface area contributed by atoms with E-state index in [9.17, 15) is 26.0 Å². The van der Waals surface area contributed by atoms with Gasteiger partial charge in [-0.1, -0.05) is 13.3 Å². The van der Waals surface area contributed by atoms with Crippen molar-refractivity contribution in [2.45, 2.75) is 42.4 Å². The molecule has 4 rings (SSSR count). The minimum Gasteiger partial charge on any atom is -0.308 e. The number of anilines is 1. The lowest BCUT2D eigenvalue weighted by Crippen LogP contribution is -2.35. The number of carbonyl (C=O) groups is 1. The first-order valence-corrected chi connectivity index (χ1v) is 13.8. The van der Waals surface area contributed by atoms with Crippen LogP contribution in [-0.2, 0) is 26.5 Å². The van der Waals surface area contributed by atoms with E-state index in [1.54, 1.807) is 19.1 Å². The zero-order chi connectivity index (χ0) is 23.8. The summed E-state index contributed by atoms with van der Waals surface area (Å²) in [7, 11) is -7.47. The monoisotopic (exact) mass is 495 g/mol. The maximum absolute atomic E-state index is 14.5. The van der Waals surface area contributed by atoms with Gasteiger partial charge in [-0.2, -0.15) is 4.31 Å². The van der Waals surface area contributed by atoms with Gasteiger partial charge < -0.3 is 4.90 Å². The van der Waals surface area contributed by atoms with Crippen LogP contribution in [-0.4, -0.2) is 53.2 Å². The van der Waals surface area contributed by atoms with Crippen LogP contribution in [0.15, 0.2) is 46.2 Å². The van der Waals surface area contributed by atoms with Crippen molar-refractivity contribution in [3.63, 3.8) is 0 Å². The van der Waals surface area contributed by atoms with Crippen LogP contribution in [0.1, 0.15) is 42.1 Å². The predicted molar refractivity (Wildman–Crippen MR) is 122 cm³/mol. The van der Waals surface area contributed by atoms with Crippen LogP contribution in [0, 0.1) is 5.82 Å². The number of sulfonamides is 2. The molecular formula is C22H26FN3O5S2. The van der Waals surface area contributed by atoms with Gasteiger partial charge in [0.15, 0.2) is 0 Å². The fourth-order valence-electron chi connectivity index (χ4n) is 4.26. The molecule has 0 unspecified atom stereocenters. The minimum absolute atomic E-state index is 0.158. The van der Waals surface area contributed by atoms with E-state index in [-0.39, 0.29) is 28.4 Å². The molecule has 2 heterocycles. The van der Waals surface area contributed by atoms with E-state index in [4.69, 9.17) is 0 Å². The molecule has 0 atom stereocenters. The molecule has 2 aliphatic rings. The normalized spacial score (nSPS) is 17.2. The molecule has 0 radical (unpaired) electrons. The van der Waals surface area contributed by atoms with Gasteiger partial charge in [-0.15, -0.1) is 0 Å². The van der Waals surface area contributed by atoms with E-state index in [1.807, 2.05) is 0 Å². The number of hydrogen-bond donors (Lipinski definition) is 1. The van der Waals surface area contributed by atoms with Gasteiger partial charge in [0.1, 0.15) is 5.82 Å². The number of amides is 1. The molecule has 2 aromatic rings. The molecule has 178 valence electrons. The van der Waals surface area contributed by atoms with Crippen LogP contribution in [0.4, 0.5) is 10.1 Å². The van der Waals surface area contributed by atoms with Crippen LogP contribution >= 0.6 is 0 Å². The lowest BCUT2D eigenvalue weighted by Gasteiger charge is -2.26. The summed E-state index contributed by atoms with van der Waals surface area (Å²) >= 11 is 0. The van der Waals surface area contributed by atoms with Crippen molar-refractivity contribution in [3.8, 4) is 0 Å². The number of benzene rings is 2. The Morgan fingerprint density at radius 3 is 2.36 bits per heavy atom. The first kappa shape index (κ1) is 23.8. The van der Waals surface area contributed by atoms with Crippen LogP contribution in [0.3, 0.4) is 0 Å². The molecule has 0 aliphatic carbocycles. The first-order chi connectivity index (χ1) is 15.6. The third kappa shape index (κ3) is 4.54. The van der Waals surface area contributed by atoms with Gasteiger partial charge in [0.2, 0.25) is 20.0 Å². The standard InChI is InChI=1S/C22H26FN3O5S2/c1-2-24-32(28,29)17-6-8-20(23)19(15-17)22(27)26-13-10-16-14-18(7-9-21(16)26)33(30,31)25-11-4-3-5-12-25/h6-9,14-15,24H,2-5,10-13H2,1H3. The second-order valence-electron chi connectivity index (χ2n) is 8.11. The number of hydrogen-bond acceptors (Lipinski definition) is 5. The summed E-state index contributed by atoms with van der Waals surface area (Å²) in [6.07, 6.45) is 3.10. The van der Waals surface area contributed by atoms with Gasteiger partial charge in [-0.25, -0.2) is 25.9 Å². The highest BCUT2D eigenvalue weighted by atomic mass is 32.2. The Morgan fingerprint density at radius 1 is 0.970 bits per heavy atom. The summed E-state index contributed by atoms with van der Waals surface area (Å²) in [6.45, 7) is 3.01. The Balaban J connectivity index is 1.63. The van der Waals surface area contributed by atoms with E-state index in [1.165, 1.54) is 15.3 Å². The van der Waals surface area contributed by atoms with Gasteiger partial charge in [-0.05, 0) is 61.2 Å². The van der Waals surface area contributed by atoms with Crippen molar-refractivity contribution in [1.29, 1.82) is 0 Å². The van der Waals surface area contributed by atoms with Crippen molar-refractivity contribution in [1.82, 2.24) is 9.03 Å². The van der Waals surface area contributed by atoms with Crippen LogP contribution in [0.2, 0.25) is 0 Å². The van der Waals surface area contributed by atoms with Gasteiger partial charge in [0, 0.05) is 31.9 Å². The zero-order valence-corrected chi connectivity index (χ0v) is 19.9. The van der Waals surface area contributed by atoms with Crippen molar-refractivity contribution in [2.24, 2.45) is 0 Å². The van der Waals surface area contributed by atoms with Crippen molar-refractivity contribution in [3.05, 3.63) is 53.3 Å². The quantitative estimate of drug-likeness (QED) is 0.663. The summed E-state index contributed by atoms with van der Waals surface area (Å²) in [4.78, 5) is 14.5. The number of fused-ring (bicyclic) bond motifs is 1. The molecule has 0 spiro atoms. The topological polar surface area (TPSA) is 104 Å². The zero-order valence-electron chi connectivity index (χ0n) is 18.3. The lowest BCUT2D eigenvalue weighted by atomic mass is 10.1. The number of halogens is 1. The third-order valence-corrected chi connectivity index (χ3v) is 9.40. The SMILES string of the molecule is CCNS(=O)(=O)c1ccc(F)c(C(=O)N2CCc3cc(S(=O)(=O)N4CCCCC4)ccc32)c1. The molecule has 11 heteroatoms. The molecule has 1 fully saturated rings. The Hall–Kier alpha value is -2.34. The predicted octanol–water partition coefficient (Wildman–Crippen LogP) is 2.50. The summed E-state index contributed by atoms with van der Waals surface area (Å²) in [5.41, 5.74) is 0.821. The van der Waals surface area contributed by atoms with Crippen molar-refractivity contribution in [2.75, 3.05) is 31.1 Å². The number of nitrogens with one attached hydrogen (secondary N) is 1. The number of piperidine rings is 1. The second kappa shape index (κ2) is 9.13. The maximum Gasteiger partial charge on any atom is 0.261 e. The Labute approximate surface area is 193 Å². The molecule has 0 saturated carbocycles. The molecule has 8 nitrogen and oxygen atoms in total. The van der Waals surface area contributed by atoms with E-state index in [0.29, 0.717) is 30.8 Å². The second-order valence-corrected chi connectivity index (χ2v) is 11.8. The number of rotatable bonds is 6. The van der Waals surface area contributed by atoms with Crippen LogP contribution in [0.25, 0.3) is 0 Å². The summed E-state index contributed by atoms with van der Waals surface area (Å²) < 4.78 is 68.8. The summed E-state index contributed by atoms with van der Waals surface area (Å²) in [5, 5.41) is 0. The molecule has 1 amide bonds. The Kier molecular flexibility index (Phi) is 6.59. The summed E-state index contributed by atoms with van der Waals surface area (Å²) in [5.74, 6) is -1.50. The molecule has 33 heavy (non-hydrogen) atoms. The van der Waals surface area contributed by atoms with E-state index < -0.39 is 31.8 Å². The fourth-order valence-corrected chi connectivity index (χ4v) is 6.89. The van der Waals surface area contributed by atoms with Gasteiger partial charge >= 0.3 is 0 Å². The van der Waals surface area contributed by atoms with Gasteiger partial charge in [0.25, 0.3) is 5.91 Å². The van der Waals surface area contributed by atoms with Crippen molar-refractivity contribution < 1.29 is 26.0 Å². The highest BCUT2D eigenvalue weighted by Gasteiger charge is 2.31. The van der Waals surface area contributed by atoms with Crippen LogP contribution < -0.4 is 9.62 Å². The average Bonchev–Trinajstić information content (AvgIpc) is 3.22. The van der Waals surface area contributed by atoms with E-state index >= 15 is 0 Å². The van der Waals surface area contributed by atoms with E-state index in [0.717, 1.165) is 37.5 Å². The fraction of sp³-hybridized carbons (Fsp3) is 0.409. The largest absolute Gasteiger partial charge is 0.308 e. The molecule has 2 aliphatic heterocycles. The van der Waals surface area contributed by atoms with Gasteiger partial charge in [0.05, 0.1) is 15.4 Å². The Morgan fingerprint density at radius 2 is 1.67 bits per heavy atom. The molecule has 0 bridgehead atoms. The van der Waals surface area contributed by atoms with Crippen LogP contribution in [0.5, 0.6) is 0 Å². The Bertz CT molecular complexity index is 1290.